The average molecular weight is 449 g/mol. The Hall–Kier alpha value is -3.62. The molecule has 2 heterocycles. The minimum atomic E-state index is -0.626. The molecule has 1 saturated heterocycles. The topological polar surface area (TPSA) is 104 Å². The molecular weight excluding hydrogens is 425 g/mol. The van der Waals surface area contributed by atoms with Crippen LogP contribution in [0.1, 0.15) is 39.1 Å². The van der Waals surface area contributed by atoms with Gasteiger partial charge in [-0.25, -0.2) is 9.18 Å². The number of rotatable bonds is 7. The molecule has 1 aromatic heterocycles. The number of esters is 1. The van der Waals surface area contributed by atoms with Crippen molar-refractivity contribution in [2.75, 3.05) is 18.5 Å². The van der Waals surface area contributed by atoms with Crippen LogP contribution >= 0.6 is 0 Å². The van der Waals surface area contributed by atoms with E-state index in [4.69, 9.17) is 15.2 Å². The highest BCUT2D eigenvalue weighted by atomic mass is 19.1. The summed E-state index contributed by atoms with van der Waals surface area (Å²) in [6.45, 7) is 1.15. The van der Waals surface area contributed by atoms with Crippen molar-refractivity contribution in [2.24, 2.45) is 5.73 Å². The third-order valence-corrected chi connectivity index (χ3v) is 5.45. The summed E-state index contributed by atoms with van der Waals surface area (Å²) in [5.74, 6) is -1.54. The lowest BCUT2D eigenvalue weighted by molar-refractivity contribution is 0.0161. The van der Waals surface area contributed by atoms with Gasteiger partial charge in [0.25, 0.3) is 5.91 Å². The van der Waals surface area contributed by atoms with Gasteiger partial charge < -0.3 is 20.5 Å². The fourth-order valence-electron chi connectivity index (χ4n) is 3.68. The van der Waals surface area contributed by atoms with Crippen molar-refractivity contribution in [1.82, 2.24) is 4.98 Å². The predicted molar refractivity (Wildman–Crippen MR) is 121 cm³/mol. The fourth-order valence-corrected chi connectivity index (χ4v) is 3.68. The van der Waals surface area contributed by atoms with Crippen molar-refractivity contribution >= 4 is 17.6 Å². The summed E-state index contributed by atoms with van der Waals surface area (Å²) in [4.78, 5) is 28.9. The Kier molecular flexibility index (Phi) is 7.07. The molecule has 1 aliphatic rings. The molecule has 3 N–H and O–H groups in total. The highest BCUT2D eigenvalue weighted by molar-refractivity contribution is 6.05. The normalized spacial score (nSPS) is 15.3. The molecule has 4 rings (SSSR count). The van der Waals surface area contributed by atoms with Crippen LogP contribution in [0, 0.1) is 5.82 Å². The van der Waals surface area contributed by atoms with Gasteiger partial charge in [-0.3, -0.25) is 9.78 Å². The number of carbonyl (C=O) groups excluding carboxylic acids is 2. The van der Waals surface area contributed by atoms with E-state index in [1.807, 2.05) is 6.07 Å². The van der Waals surface area contributed by atoms with Gasteiger partial charge in [-0.15, -0.1) is 0 Å². The standard InChI is InChI=1S/C25H24FN3O4/c26-22-14-28-9-8-23(22)29-24(30)17-6-7-19(13-27)21(12-17)16-3-1-4-18(11-16)25(31)33-15-20-5-2-10-32-20/h1,3-4,6-9,11-12,14,20H,2,5,10,13,15,27H2,(H,28,29,30)/t20-/m0/s1. The summed E-state index contributed by atoms with van der Waals surface area (Å²) in [7, 11) is 0. The minimum Gasteiger partial charge on any atom is -0.459 e. The first-order chi connectivity index (χ1) is 16.0. The number of carbonyl (C=O) groups is 2. The molecule has 3 aromatic rings. The van der Waals surface area contributed by atoms with Crippen LogP contribution in [-0.4, -0.2) is 36.2 Å². The van der Waals surface area contributed by atoms with Gasteiger partial charge in [0.2, 0.25) is 0 Å². The zero-order valence-corrected chi connectivity index (χ0v) is 17.9. The van der Waals surface area contributed by atoms with E-state index in [2.05, 4.69) is 10.3 Å². The van der Waals surface area contributed by atoms with E-state index >= 15 is 0 Å². The van der Waals surface area contributed by atoms with Crippen LogP contribution in [0.15, 0.2) is 60.9 Å². The molecule has 0 aliphatic carbocycles. The third-order valence-electron chi connectivity index (χ3n) is 5.45. The Balaban J connectivity index is 1.56. The minimum absolute atomic E-state index is 0.0374. The van der Waals surface area contributed by atoms with Gasteiger partial charge in [0.15, 0.2) is 5.82 Å². The van der Waals surface area contributed by atoms with Crippen molar-refractivity contribution in [1.29, 1.82) is 0 Å². The van der Waals surface area contributed by atoms with Crippen molar-refractivity contribution < 1.29 is 23.5 Å². The predicted octanol–water partition coefficient (Wildman–Crippen LogP) is 3.93. The SMILES string of the molecule is NCc1ccc(C(=O)Nc2ccncc2F)cc1-c1cccc(C(=O)OC[C@@H]2CCCO2)c1. The number of pyridine rings is 1. The van der Waals surface area contributed by atoms with Crippen LogP contribution in [0.2, 0.25) is 0 Å². The molecule has 8 heteroatoms. The number of anilines is 1. The quantitative estimate of drug-likeness (QED) is 0.530. The number of benzene rings is 2. The molecule has 7 nitrogen and oxygen atoms in total. The zero-order chi connectivity index (χ0) is 23.2. The summed E-state index contributed by atoms with van der Waals surface area (Å²) < 4.78 is 24.8. The Bertz CT molecular complexity index is 1160. The van der Waals surface area contributed by atoms with Crippen LogP contribution in [0.3, 0.4) is 0 Å². The molecule has 170 valence electrons. The van der Waals surface area contributed by atoms with E-state index < -0.39 is 17.7 Å². The molecular formula is C25H24FN3O4. The Morgan fingerprint density at radius 2 is 2.06 bits per heavy atom. The van der Waals surface area contributed by atoms with Crippen molar-refractivity contribution in [2.45, 2.75) is 25.5 Å². The Morgan fingerprint density at radius 3 is 2.82 bits per heavy atom. The molecule has 33 heavy (non-hydrogen) atoms. The van der Waals surface area contributed by atoms with E-state index in [0.29, 0.717) is 28.9 Å². The molecule has 0 bridgehead atoms. The first-order valence-corrected chi connectivity index (χ1v) is 10.7. The van der Waals surface area contributed by atoms with E-state index in [0.717, 1.165) is 24.6 Å². The molecule has 0 unspecified atom stereocenters. The molecule has 0 saturated carbocycles. The fraction of sp³-hybridized carbons (Fsp3) is 0.240. The largest absolute Gasteiger partial charge is 0.459 e. The molecule has 1 aliphatic heterocycles. The van der Waals surface area contributed by atoms with Crippen LogP contribution in [0.5, 0.6) is 0 Å². The maximum atomic E-state index is 13.9. The number of nitrogens with one attached hydrogen (secondary N) is 1. The number of aromatic nitrogens is 1. The summed E-state index contributed by atoms with van der Waals surface area (Å²) in [6.07, 6.45) is 4.22. The van der Waals surface area contributed by atoms with Crippen LogP contribution in [0.4, 0.5) is 10.1 Å². The van der Waals surface area contributed by atoms with Crippen LogP contribution in [0.25, 0.3) is 11.1 Å². The van der Waals surface area contributed by atoms with Gasteiger partial charge in [0.1, 0.15) is 6.61 Å². The lowest BCUT2D eigenvalue weighted by Gasteiger charge is -2.13. The third kappa shape index (κ3) is 5.42. The molecule has 1 amide bonds. The average Bonchev–Trinajstić information content (AvgIpc) is 3.37. The monoisotopic (exact) mass is 449 g/mol. The summed E-state index contributed by atoms with van der Waals surface area (Å²) in [5.41, 5.74) is 8.88. The summed E-state index contributed by atoms with van der Waals surface area (Å²) >= 11 is 0. The first-order valence-electron chi connectivity index (χ1n) is 10.7. The second-order valence-electron chi connectivity index (χ2n) is 7.70. The van der Waals surface area contributed by atoms with Crippen molar-refractivity contribution in [3.63, 3.8) is 0 Å². The van der Waals surface area contributed by atoms with Gasteiger partial charge in [-0.05, 0) is 59.9 Å². The van der Waals surface area contributed by atoms with Gasteiger partial charge in [0.05, 0.1) is 23.6 Å². The number of ether oxygens (including phenoxy) is 2. The number of amides is 1. The summed E-state index contributed by atoms with van der Waals surface area (Å²) in [5, 5.41) is 2.54. The van der Waals surface area contributed by atoms with Gasteiger partial charge >= 0.3 is 5.97 Å². The van der Waals surface area contributed by atoms with E-state index in [1.54, 1.807) is 36.4 Å². The van der Waals surface area contributed by atoms with Crippen molar-refractivity contribution in [3.8, 4) is 11.1 Å². The molecule has 0 spiro atoms. The zero-order valence-electron chi connectivity index (χ0n) is 17.9. The van der Waals surface area contributed by atoms with Crippen molar-refractivity contribution in [3.05, 3.63) is 83.4 Å². The first kappa shape index (κ1) is 22.6. The van der Waals surface area contributed by atoms with E-state index in [1.165, 1.54) is 12.3 Å². The van der Waals surface area contributed by atoms with Gasteiger partial charge in [-0.1, -0.05) is 18.2 Å². The van der Waals surface area contributed by atoms with Gasteiger partial charge in [0, 0.05) is 24.9 Å². The number of hydrogen-bond acceptors (Lipinski definition) is 6. The number of hydrogen-bond donors (Lipinski definition) is 2. The number of nitrogens with zero attached hydrogens (tertiary/aromatic N) is 1. The number of nitrogens with two attached hydrogens (primary N) is 1. The van der Waals surface area contributed by atoms with Crippen LogP contribution in [-0.2, 0) is 16.0 Å². The smallest absolute Gasteiger partial charge is 0.338 e. The van der Waals surface area contributed by atoms with E-state index in [-0.39, 0.29) is 24.9 Å². The Morgan fingerprint density at radius 1 is 1.18 bits per heavy atom. The van der Waals surface area contributed by atoms with Crippen LogP contribution < -0.4 is 11.1 Å². The molecule has 2 aromatic carbocycles. The highest BCUT2D eigenvalue weighted by Gasteiger charge is 2.19. The second-order valence-corrected chi connectivity index (χ2v) is 7.70. The molecule has 1 fully saturated rings. The maximum Gasteiger partial charge on any atom is 0.338 e. The lowest BCUT2D eigenvalue weighted by atomic mass is 9.95. The lowest BCUT2D eigenvalue weighted by Crippen LogP contribution is -2.17. The summed E-state index contributed by atoms with van der Waals surface area (Å²) in [6, 6.07) is 13.4. The molecule has 0 radical (unpaired) electrons. The molecule has 1 atom stereocenters. The Labute approximate surface area is 190 Å². The van der Waals surface area contributed by atoms with Gasteiger partial charge in [-0.2, -0.15) is 0 Å². The highest BCUT2D eigenvalue weighted by Crippen LogP contribution is 2.27. The number of halogens is 1. The maximum absolute atomic E-state index is 13.9. The second kappa shape index (κ2) is 10.3. The van der Waals surface area contributed by atoms with E-state index in [9.17, 15) is 14.0 Å².